The molecule has 0 fully saturated rings. The van der Waals surface area contributed by atoms with Gasteiger partial charge < -0.3 is 15.2 Å². The number of halogens is 1. The number of benzene rings is 2. The Kier molecular flexibility index (Phi) is 4.86. The number of imide groups is 1. The number of phenolic OH excluding ortho intramolecular Hbond substituents is 1. The summed E-state index contributed by atoms with van der Waals surface area (Å²) in [5.41, 5.74) is 1.93. The molecule has 3 rings (SSSR count). The number of hydrogen-bond donors (Lipinski definition) is 2. The van der Waals surface area contributed by atoms with Crippen molar-refractivity contribution >= 4 is 29.1 Å². The van der Waals surface area contributed by atoms with E-state index in [1.54, 1.807) is 50.4 Å². The molecule has 1 aliphatic rings. The topological polar surface area (TPSA) is 78.9 Å². The van der Waals surface area contributed by atoms with Crippen molar-refractivity contribution in [2.75, 3.05) is 12.4 Å². The molecule has 0 radical (unpaired) electrons. The van der Waals surface area contributed by atoms with Gasteiger partial charge in [-0.05, 0) is 36.2 Å². The summed E-state index contributed by atoms with van der Waals surface area (Å²) in [6.45, 7) is 1.86. The number of phenols is 1. The zero-order valence-corrected chi connectivity index (χ0v) is 15.0. The number of hydrogen-bond acceptors (Lipinski definition) is 5. The van der Waals surface area contributed by atoms with Gasteiger partial charge in [-0.2, -0.15) is 0 Å². The Morgan fingerprint density at radius 1 is 1.12 bits per heavy atom. The van der Waals surface area contributed by atoms with Gasteiger partial charge in [-0.15, -0.1) is 0 Å². The van der Waals surface area contributed by atoms with E-state index in [9.17, 15) is 14.7 Å². The Morgan fingerprint density at radius 2 is 1.81 bits per heavy atom. The number of methoxy groups -OCH3 is 1. The lowest BCUT2D eigenvalue weighted by atomic mass is 10.2. The molecule has 2 aromatic rings. The van der Waals surface area contributed by atoms with Crippen molar-refractivity contribution in [3.8, 4) is 11.5 Å². The van der Waals surface area contributed by atoms with Gasteiger partial charge in [-0.1, -0.05) is 29.8 Å². The molecule has 26 heavy (non-hydrogen) atoms. The highest BCUT2D eigenvalue weighted by Crippen LogP contribution is 2.29. The zero-order chi connectivity index (χ0) is 18.8. The van der Waals surface area contributed by atoms with E-state index < -0.39 is 11.8 Å². The van der Waals surface area contributed by atoms with Crippen LogP contribution in [0.2, 0.25) is 0 Å². The van der Waals surface area contributed by atoms with Gasteiger partial charge in [-0.25, -0.2) is 0 Å². The molecule has 0 saturated carbocycles. The van der Waals surface area contributed by atoms with Gasteiger partial charge in [-0.3, -0.25) is 14.5 Å². The van der Waals surface area contributed by atoms with Gasteiger partial charge in [0.15, 0.2) is 0 Å². The quantitative estimate of drug-likeness (QED) is 0.788. The molecule has 1 heterocycles. The van der Waals surface area contributed by atoms with E-state index in [2.05, 4.69) is 5.32 Å². The predicted octanol–water partition coefficient (Wildman–Crippen LogP) is 3.14. The molecular weight excluding hydrogens is 356 g/mol. The van der Waals surface area contributed by atoms with Gasteiger partial charge in [0, 0.05) is 11.8 Å². The van der Waals surface area contributed by atoms with Crippen molar-refractivity contribution in [3.63, 3.8) is 0 Å². The number of nitrogens with zero attached hydrogens (tertiary/aromatic N) is 1. The Morgan fingerprint density at radius 3 is 2.42 bits per heavy atom. The summed E-state index contributed by atoms with van der Waals surface area (Å²) >= 11 is 6.08. The summed E-state index contributed by atoms with van der Waals surface area (Å²) in [6, 6.07) is 11.9. The number of aromatic hydroxyl groups is 1. The van der Waals surface area contributed by atoms with Crippen LogP contribution in [-0.2, 0) is 16.1 Å². The fraction of sp³-hybridized carbons (Fsp3) is 0.158. The second-order valence-electron chi connectivity index (χ2n) is 5.86. The summed E-state index contributed by atoms with van der Waals surface area (Å²) in [5.74, 6) is -0.314. The van der Waals surface area contributed by atoms with E-state index in [1.165, 1.54) is 6.07 Å². The molecular formula is C19H17ClN2O4. The van der Waals surface area contributed by atoms with E-state index in [0.717, 1.165) is 10.5 Å². The lowest BCUT2D eigenvalue weighted by Crippen LogP contribution is -2.31. The second-order valence-corrected chi connectivity index (χ2v) is 6.24. The number of aryl methyl sites for hydroxylation is 1. The van der Waals surface area contributed by atoms with Crippen LogP contribution >= 0.6 is 11.6 Å². The third-order valence-corrected chi connectivity index (χ3v) is 4.44. The lowest BCUT2D eigenvalue weighted by molar-refractivity contribution is -0.138. The van der Waals surface area contributed by atoms with Crippen molar-refractivity contribution in [1.82, 2.24) is 4.90 Å². The molecule has 0 spiro atoms. The predicted molar refractivity (Wildman–Crippen MR) is 97.9 cm³/mol. The molecule has 0 saturated heterocycles. The standard InChI is InChI=1S/C19H17ClN2O4/c1-11-3-6-13(9-15(11)23)21-17-16(20)18(24)22(19(17)25)10-12-4-7-14(26-2)8-5-12/h3-9,21,23H,10H2,1-2H3. The summed E-state index contributed by atoms with van der Waals surface area (Å²) in [7, 11) is 1.56. The van der Waals surface area contributed by atoms with Gasteiger partial charge in [0.2, 0.25) is 0 Å². The fourth-order valence-corrected chi connectivity index (χ4v) is 2.77. The van der Waals surface area contributed by atoms with Crippen molar-refractivity contribution in [3.05, 3.63) is 64.3 Å². The van der Waals surface area contributed by atoms with Crippen LogP contribution in [0.15, 0.2) is 53.2 Å². The molecule has 2 N–H and O–H groups in total. The molecule has 0 atom stereocenters. The van der Waals surface area contributed by atoms with E-state index in [4.69, 9.17) is 16.3 Å². The smallest absolute Gasteiger partial charge is 0.279 e. The summed E-state index contributed by atoms with van der Waals surface area (Å²) in [4.78, 5) is 26.1. The molecule has 0 aromatic heterocycles. The van der Waals surface area contributed by atoms with Gasteiger partial charge in [0.05, 0.1) is 13.7 Å². The fourth-order valence-electron chi connectivity index (χ4n) is 2.54. The highest BCUT2D eigenvalue weighted by atomic mass is 35.5. The maximum atomic E-state index is 12.6. The number of nitrogens with one attached hydrogen (secondary N) is 1. The van der Waals surface area contributed by atoms with Crippen LogP contribution in [0.25, 0.3) is 0 Å². The van der Waals surface area contributed by atoms with Crippen molar-refractivity contribution in [1.29, 1.82) is 0 Å². The third-order valence-electron chi connectivity index (χ3n) is 4.09. The van der Waals surface area contributed by atoms with E-state index in [1.807, 2.05) is 0 Å². The SMILES string of the molecule is COc1ccc(CN2C(=O)C(Cl)=C(Nc3ccc(C)c(O)c3)C2=O)cc1. The van der Waals surface area contributed by atoms with Crippen molar-refractivity contribution in [2.45, 2.75) is 13.5 Å². The number of rotatable bonds is 5. The van der Waals surface area contributed by atoms with Crippen LogP contribution in [0, 0.1) is 6.92 Å². The minimum Gasteiger partial charge on any atom is -0.508 e. The molecule has 0 unspecified atom stereocenters. The van der Waals surface area contributed by atoms with Crippen molar-refractivity contribution < 1.29 is 19.4 Å². The Labute approximate surface area is 155 Å². The van der Waals surface area contributed by atoms with Crippen LogP contribution in [0.3, 0.4) is 0 Å². The molecule has 2 amide bonds. The number of carbonyl (C=O) groups excluding carboxylic acids is 2. The van der Waals surface area contributed by atoms with Gasteiger partial charge in [0.1, 0.15) is 22.2 Å². The summed E-state index contributed by atoms with van der Waals surface area (Å²) in [5, 5.41) is 12.4. The zero-order valence-electron chi connectivity index (χ0n) is 14.2. The van der Waals surface area contributed by atoms with Gasteiger partial charge in [0.25, 0.3) is 11.8 Å². The van der Waals surface area contributed by atoms with Crippen molar-refractivity contribution in [2.24, 2.45) is 0 Å². The maximum Gasteiger partial charge on any atom is 0.279 e. The van der Waals surface area contributed by atoms with Crippen LogP contribution in [0.1, 0.15) is 11.1 Å². The Hall–Kier alpha value is -2.99. The normalized spacial score (nSPS) is 14.2. The van der Waals surface area contributed by atoms with Gasteiger partial charge >= 0.3 is 0 Å². The average molecular weight is 373 g/mol. The molecule has 134 valence electrons. The first-order valence-electron chi connectivity index (χ1n) is 7.86. The molecule has 6 nitrogen and oxygen atoms in total. The monoisotopic (exact) mass is 372 g/mol. The largest absolute Gasteiger partial charge is 0.508 e. The van der Waals surface area contributed by atoms with E-state index in [0.29, 0.717) is 17.0 Å². The van der Waals surface area contributed by atoms with E-state index in [-0.39, 0.29) is 23.0 Å². The minimum atomic E-state index is -0.564. The third kappa shape index (κ3) is 3.36. The van der Waals surface area contributed by atoms with Crippen LogP contribution in [0.5, 0.6) is 11.5 Å². The first kappa shape index (κ1) is 17.8. The number of amides is 2. The molecule has 1 aliphatic heterocycles. The van der Waals surface area contributed by atoms with Crippen LogP contribution in [0.4, 0.5) is 5.69 Å². The Balaban J connectivity index is 1.78. The molecule has 0 bridgehead atoms. The molecule has 0 aliphatic carbocycles. The molecule has 7 heteroatoms. The van der Waals surface area contributed by atoms with Crippen LogP contribution < -0.4 is 10.1 Å². The minimum absolute atomic E-state index is 0.00608. The number of ether oxygens (including phenoxy) is 1. The Bertz CT molecular complexity index is 906. The second kappa shape index (κ2) is 7.09. The first-order chi connectivity index (χ1) is 12.4. The van der Waals surface area contributed by atoms with Crippen LogP contribution in [-0.4, -0.2) is 28.9 Å². The lowest BCUT2D eigenvalue weighted by Gasteiger charge is -2.15. The average Bonchev–Trinajstić information content (AvgIpc) is 2.83. The first-order valence-corrected chi connectivity index (χ1v) is 8.24. The summed E-state index contributed by atoms with van der Waals surface area (Å²) in [6.07, 6.45) is 0. The maximum absolute atomic E-state index is 12.6. The number of anilines is 1. The molecule has 2 aromatic carbocycles. The highest BCUT2D eigenvalue weighted by molar-refractivity contribution is 6.48. The highest BCUT2D eigenvalue weighted by Gasteiger charge is 2.37. The number of carbonyl (C=O) groups is 2. The summed E-state index contributed by atoms with van der Waals surface area (Å²) < 4.78 is 5.09. The van der Waals surface area contributed by atoms with E-state index >= 15 is 0 Å².